The molecule has 2 heterocycles. The van der Waals surface area contributed by atoms with Crippen molar-refractivity contribution in [3.8, 4) is 0 Å². The lowest BCUT2D eigenvalue weighted by molar-refractivity contribution is 0.102. The summed E-state index contributed by atoms with van der Waals surface area (Å²) < 4.78 is 12.6. The van der Waals surface area contributed by atoms with E-state index in [0.717, 1.165) is 11.9 Å². The standard InChI is InChI=1S/C12H9ClFN3O/c1-7-4-10(13)9(6-15-7)12(18)17-11-3-2-8(14)5-16-11/h2-6H,1H3,(H,16,17,18). The van der Waals surface area contributed by atoms with Crippen LogP contribution in [0.2, 0.25) is 5.02 Å². The van der Waals surface area contributed by atoms with Gasteiger partial charge in [0.2, 0.25) is 0 Å². The topological polar surface area (TPSA) is 54.9 Å². The van der Waals surface area contributed by atoms with Gasteiger partial charge in [-0.05, 0) is 25.1 Å². The fourth-order valence-electron chi connectivity index (χ4n) is 1.33. The second-order valence-corrected chi connectivity index (χ2v) is 4.03. The van der Waals surface area contributed by atoms with E-state index in [0.29, 0.717) is 5.02 Å². The Morgan fingerprint density at radius 2 is 2.11 bits per heavy atom. The molecular formula is C12H9ClFN3O. The molecule has 0 fully saturated rings. The molecule has 2 aromatic rings. The van der Waals surface area contributed by atoms with Gasteiger partial charge in [-0.1, -0.05) is 11.6 Å². The Morgan fingerprint density at radius 3 is 2.72 bits per heavy atom. The second kappa shape index (κ2) is 5.10. The molecule has 1 N–H and O–H groups in total. The van der Waals surface area contributed by atoms with Gasteiger partial charge in [-0.3, -0.25) is 9.78 Å². The van der Waals surface area contributed by atoms with Crippen LogP contribution < -0.4 is 5.32 Å². The van der Waals surface area contributed by atoms with Crippen molar-refractivity contribution in [2.24, 2.45) is 0 Å². The molecule has 92 valence electrons. The zero-order valence-corrected chi connectivity index (χ0v) is 10.2. The van der Waals surface area contributed by atoms with Gasteiger partial charge in [-0.2, -0.15) is 0 Å². The summed E-state index contributed by atoms with van der Waals surface area (Å²) in [5.74, 6) is -0.660. The molecule has 1 amide bonds. The van der Waals surface area contributed by atoms with Crippen molar-refractivity contribution in [3.05, 3.63) is 52.7 Å². The second-order valence-electron chi connectivity index (χ2n) is 3.62. The van der Waals surface area contributed by atoms with E-state index in [1.807, 2.05) is 0 Å². The van der Waals surface area contributed by atoms with E-state index in [-0.39, 0.29) is 11.4 Å². The van der Waals surface area contributed by atoms with Gasteiger partial charge in [0.25, 0.3) is 5.91 Å². The molecule has 0 aliphatic carbocycles. The quantitative estimate of drug-likeness (QED) is 0.908. The number of aryl methyl sites for hydroxylation is 1. The van der Waals surface area contributed by atoms with E-state index in [9.17, 15) is 9.18 Å². The maximum absolute atomic E-state index is 12.6. The summed E-state index contributed by atoms with van der Waals surface area (Å²) in [5.41, 5.74) is 0.963. The Kier molecular flexibility index (Phi) is 3.53. The van der Waals surface area contributed by atoms with Crippen LogP contribution in [-0.4, -0.2) is 15.9 Å². The molecule has 0 radical (unpaired) electrons. The zero-order valence-electron chi connectivity index (χ0n) is 9.45. The predicted octanol–water partition coefficient (Wildman–Crippen LogP) is 2.83. The Morgan fingerprint density at radius 1 is 1.33 bits per heavy atom. The minimum Gasteiger partial charge on any atom is -0.306 e. The van der Waals surface area contributed by atoms with E-state index < -0.39 is 11.7 Å². The van der Waals surface area contributed by atoms with Gasteiger partial charge in [0, 0.05) is 11.9 Å². The summed E-state index contributed by atoms with van der Waals surface area (Å²) in [5, 5.41) is 2.81. The van der Waals surface area contributed by atoms with Crippen molar-refractivity contribution in [2.75, 3.05) is 5.32 Å². The lowest BCUT2D eigenvalue weighted by Gasteiger charge is -2.06. The third-order valence-corrected chi connectivity index (χ3v) is 2.52. The normalized spacial score (nSPS) is 10.2. The first kappa shape index (κ1) is 12.4. The maximum Gasteiger partial charge on any atom is 0.259 e. The number of hydrogen-bond acceptors (Lipinski definition) is 3. The Hall–Kier alpha value is -2.01. The predicted molar refractivity (Wildman–Crippen MR) is 66.1 cm³/mol. The average molecular weight is 266 g/mol. The van der Waals surface area contributed by atoms with Gasteiger partial charge >= 0.3 is 0 Å². The van der Waals surface area contributed by atoms with Crippen molar-refractivity contribution in [3.63, 3.8) is 0 Å². The Labute approximate surface area is 108 Å². The minimum atomic E-state index is -0.469. The molecule has 0 aromatic carbocycles. The molecule has 0 saturated carbocycles. The largest absolute Gasteiger partial charge is 0.306 e. The van der Waals surface area contributed by atoms with Crippen LogP contribution >= 0.6 is 11.6 Å². The fraction of sp³-hybridized carbons (Fsp3) is 0.0833. The van der Waals surface area contributed by atoms with E-state index in [2.05, 4.69) is 15.3 Å². The van der Waals surface area contributed by atoms with Crippen LogP contribution in [0.4, 0.5) is 10.2 Å². The highest BCUT2D eigenvalue weighted by atomic mass is 35.5. The van der Waals surface area contributed by atoms with Gasteiger partial charge in [-0.25, -0.2) is 9.37 Å². The molecule has 0 atom stereocenters. The maximum atomic E-state index is 12.6. The summed E-state index contributed by atoms with van der Waals surface area (Å²) in [6.45, 7) is 1.77. The van der Waals surface area contributed by atoms with Crippen LogP contribution in [0.3, 0.4) is 0 Å². The highest BCUT2D eigenvalue weighted by Gasteiger charge is 2.11. The summed E-state index contributed by atoms with van der Waals surface area (Å²) in [7, 11) is 0. The summed E-state index contributed by atoms with van der Waals surface area (Å²) >= 11 is 5.93. The van der Waals surface area contributed by atoms with Crippen LogP contribution in [-0.2, 0) is 0 Å². The van der Waals surface area contributed by atoms with Gasteiger partial charge in [-0.15, -0.1) is 0 Å². The summed E-state index contributed by atoms with van der Waals surface area (Å²) in [4.78, 5) is 19.6. The van der Waals surface area contributed by atoms with Gasteiger partial charge < -0.3 is 5.32 Å². The number of nitrogens with one attached hydrogen (secondary N) is 1. The highest BCUT2D eigenvalue weighted by molar-refractivity contribution is 6.34. The number of pyridine rings is 2. The Balaban J connectivity index is 2.19. The molecule has 18 heavy (non-hydrogen) atoms. The molecule has 0 spiro atoms. The van der Waals surface area contributed by atoms with Crippen LogP contribution in [0, 0.1) is 12.7 Å². The lowest BCUT2D eigenvalue weighted by Crippen LogP contribution is -2.14. The molecule has 6 heteroatoms. The SMILES string of the molecule is Cc1cc(Cl)c(C(=O)Nc2ccc(F)cn2)cn1. The molecule has 0 bridgehead atoms. The number of nitrogens with zero attached hydrogens (tertiary/aromatic N) is 2. The zero-order chi connectivity index (χ0) is 13.1. The third kappa shape index (κ3) is 2.81. The molecule has 0 aliphatic heterocycles. The molecular weight excluding hydrogens is 257 g/mol. The Bertz CT molecular complexity index is 586. The number of amides is 1. The molecule has 0 aliphatic rings. The van der Waals surface area contributed by atoms with Crippen LogP contribution in [0.25, 0.3) is 0 Å². The van der Waals surface area contributed by atoms with Crippen molar-refractivity contribution < 1.29 is 9.18 Å². The number of aromatic nitrogens is 2. The van der Waals surface area contributed by atoms with Crippen LogP contribution in [0.1, 0.15) is 16.1 Å². The number of carbonyl (C=O) groups is 1. The van der Waals surface area contributed by atoms with E-state index in [4.69, 9.17) is 11.6 Å². The van der Waals surface area contributed by atoms with Crippen molar-refractivity contribution in [1.29, 1.82) is 0 Å². The van der Waals surface area contributed by atoms with Gasteiger partial charge in [0.1, 0.15) is 11.6 Å². The number of rotatable bonds is 2. The average Bonchev–Trinajstić information content (AvgIpc) is 2.32. The van der Waals surface area contributed by atoms with Crippen molar-refractivity contribution in [1.82, 2.24) is 9.97 Å². The molecule has 2 aromatic heterocycles. The van der Waals surface area contributed by atoms with Gasteiger partial charge in [0.05, 0.1) is 16.8 Å². The number of anilines is 1. The first-order valence-corrected chi connectivity index (χ1v) is 5.49. The van der Waals surface area contributed by atoms with Crippen LogP contribution in [0.15, 0.2) is 30.6 Å². The smallest absolute Gasteiger partial charge is 0.259 e. The van der Waals surface area contributed by atoms with Crippen LogP contribution in [0.5, 0.6) is 0 Å². The first-order chi connectivity index (χ1) is 8.56. The minimum absolute atomic E-state index is 0.244. The summed E-state index contributed by atoms with van der Waals surface area (Å²) in [6, 6.07) is 4.16. The third-order valence-electron chi connectivity index (χ3n) is 2.20. The van der Waals surface area contributed by atoms with Gasteiger partial charge in [0.15, 0.2) is 0 Å². The lowest BCUT2D eigenvalue weighted by atomic mass is 10.2. The molecule has 4 nitrogen and oxygen atoms in total. The van der Waals surface area contributed by atoms with E-state index >= 15 is 0 Å². The van der Waals surface area contributed by atoms with E-state index in [1.165, 1.54) is 18.3 Å². The van der Waals surface area contributed by atoms with Crippen molar-refractivity contribution in [2.45, 2.75) is 6.92 Å². The molecule has 0 unspecified atom stereocenters. The molecule has 0 saturated heterocycles. The summed E-state index contributed by atoms with van der Waals surface area (Å²) in [6.07, 6.45) is 2.40. The number of hydrogen-bond donors (Lipinski definition) is 1. The van der Waals surface area contributed by atoms with Crippen molar-refractivity contribution >= 4 is 23.3 Å². The monoisotopic (exact) mass is 265 g/mol. The number of halogens is 2. The fourth-order valence-corrected chi connectivity index (χ4v) is 1.62. The molecule has 2 rings (SSSR count). The first-order valence-electron chi connectivity index (χ1n) is 5.11. The number of carbonyl (C=O) groups excluding carboxylic acids is 1. The highest BCUT2D eigenvalue weighted by Crippen LogP contribution is 2.17. The van der Waals surface area contributed by atoms with E-state index in [1.54, 1.807) is 13.0 Å².